The van der Waals surface area contributed by atoms with E-state index >= 15 is 0 Å². The van der Waals surface area contributed by atoms with Crippen LogP contribution < -0.4 is 4.90 Å². The Morgan fingerprint density at radius 1 is 1.42 bits per heavy atom. The van der Waals surface area contributed by atoms with Crippen LogP contribution in [-0.4, -0.2) is 32.2 Å². The quantitative estimate of drug-likeness (QED) is 0.803. The van der Waals surface area contributed by atoms with Crippen molar-refractivity contribution in [2.45, 2.75) is 32.9 Å². The van der Waals surface area contributed by atoms with E-state index in [0.29, 0.717) is 5.82 Å². The van der Waals surface area contributed by atoms with Gasteiger partial charge in [0.2, 0.25) is 5.91 Å². The van der Waals surface area contributed by atoms with Gasteiger partial charge in [0.15, 0.2) is 0 Å². The molecule has 0 radical (unpaired) electrons. The Hall–Kier alpha value is -2.24. The second-order valence-electron chi connectivity index (χ2n) is 4.83. The first-order valence-electron chi connectivity index (χ1n) is 6.29. The number of carbonyl (C=O) groups excluding carboxylic acids is 1. The van der Waals surface area contributed by atoms with E-state index in [4.69, 9.17) is 0 Å². The van der Waals surface area contributed by atoms with Crippen molar-refractivity contribution in [2.24, 2.45) is 0 Å². The van der Waals surface area contributed by atoms with Crippen LogP contribution in [-0.2, 0) is 17.8 Å². The summed E-state index contributed by atoms with van der Waals surface area (Å²) in [6.45, 7) is 4.02. The number of benzene rings is 1. The second-order valence-corrected chi connectivity index (χ2v) is 4.83. The van der Waals surface area contributed by atoms with Crippen LogP contribution in [0.5, 0.6) is 0 Å². The molecule has 0 saturated carbocycles. The lowest BCUT2D eigenvalue weighted by atomic mass is 10.1. The van der Waals surface area contributed by atoms with E-state index < -0.39 is 0 Å². The summed E-state index contributed by atoms with van der Waals surface area (Å²) in [5.41, 5.74) is 2.22. The summed E-state index contributed by atoms with van der Waals surface area (Å²) < 4.78 is 1.52. The minimum atomic E-state index is 0.0212. The van der Waals surface area contributed by atoms with E-state index in [0.717, 1.165) is 12.1 Å². The fourth-order valence-corrected chi connectivity index (χ4v) is 2.55. The van der Waals surface area contributed by atoms with E-state index in [2.05, 4.69) is 28.5 Å². The van der Waals surface area contributed by atoms with E-state index in [-0.39, 0.29) is 18.5 Å². The zero-order chi connectivity index (χ0) is 13.4. The molecule has 1 atom stereocenters. The number of hydrogen-bond donors (Lipinski definition) is 0. The van der Waals surface area contributed by atoms with Gasteiger partial charge in [-0.25, -0.2) is 4.68 Å². The third kappa shape index (κ3) is 1.99. The number of nitrogens with zero attached hydrogens (tertiary/aromatic N) is 5. The number of rotatable bonds is 2. The lowest BCUT2D eigenvalue weighted by Crippen LogP contribution is -2.38. The van der Waals surface area contributed by atoms with Crippen molar-refractivity contribution >= 4 is 11.6 Å². The molecule has 0 bridgehead atoms. The van der Waals surface area contributed by atoms with Crippen LogP contribution in [0.4, 0.5) is 5.69 Å². The lowest BCUT2D eigenvalue weighted by molar-refractivity contribution is -0.119. The summed E-state index contributed by atoms with van der Waals surface area (Å²) in [5.74, 6) is 0.668. The van der Waals surface area contributed by atoms with Crippen LogP contribution in [0.25, 0.3) is 0 Å². The third-order valence-corrected chi connectivity index (χ3v) is 3.47. The summed E-state index contributed by atoms with van der Waals surface area (Å²) in [6, 6.07) is 8.20. The molecule has 1 aromatic heterocycles. The van der Waals surface area contributed by atoms with Gasteiger partial charge in [0.1, 0.15) is 12.4 Å². The van der Waals surface area contributed by atoms with Gasteiger partial charge in [-0.2, -0.15) is 0 Å². The van der Waals surface area contributed by atoms with Gasteiger partial charge >= 0.3 is 0 Å². The third-order valence-electron chi connectivity index (χ3n) is 3.47. The Labute approximate surface area is 111 Å². The van der Waals surface area contributed by atoms with Crippen molar-refractivity contribution in [3.63, 3.8) is 0 Å². The minimum absolute atomic E-state index is 0.0212. The van der Waals surface area contributed by atoms with Gasteiger partial charge in [-0.05, 0) is 42.3 Å². The summed E-state index contributed by atoms with van der Waals surface area (Å²) in [6.07, 6.45) is 0.899. The van der Waals surface area contributed by atoms with Crippen molar-refractivity contribution in [3.05, 3.63) is 35.7 Å². The van der Waals surface area contributed by atoms with Gasteiger partial charge < -0.3 is 4.90 Å². The van der Waals surface area contributed by atoms with Crippen LogP contribution >= 0.6 is 0 Å². The van der Waals surface area contributed by atoms with E-state index in [1.54, 1.807) is 6.92 Å². The number of para-hydroxylation sites is 1. The SMILES string of the molecule is Cc1nnnn1CC(=O)N1c2ccccc2CC1C. The van der Waals surface area contributed by atoms with Crippen molar-refractivity contribution in [3.8, 4) is 0 Å². The van der Waals surface area contributed by atoms with Gasteiger partial charge in [-0.1, -0.05) is 18.2 Å². The molecule has 1 aromatic carbocycles. The van der Waals surface area contributed by atoms with Crippen molar-refractivity contribution in [2.75, 3.05) is 4.90 Å². The number of amides is 1. The Morgan fingerprint density at radius 2 is 2.21 bits per heavy atom. The highest BCUT2D eigenvalue weighted by Crippen LogP contribution is 2.31. The molecule has 0 spiro atoms. The first-order valence-corrected chi connectivity index (χ1v) is 6.29. The Balaban J connectivity index is 1.86. The Bertz CT molecular complexity index is 621. The number of carbonyl (C=O) groups is 1. The van der Waals surface area contributed by atoms with Gasteiger partial charge in [0.05, 0.1) is 0 Å². The lowest BCUT2D eigenvalue weighted by Gasteiger charge is -2.22. The van der Waals surface area contributed by atoms with Crippen LogP contribution in [0.2, 0.25) is 0 Å². The molecule has 98 valence electrons. The maximum Gasteiger partial charge on any atom is 0.249 e. The molecule has 1 unspecified atom stereocenters. The number of anilines is 1. The molecule has 1 aliphatic heterocycles. The minimum Gasteiger partial charge on any atom is -0.307 e. The van der Waals surface area contributed by atoms with Crippen molar-refractivity contribution in [1.82, 2.24) is 20.2 Å². The topological polar surface area (TPSA) is 63.9 Å². The zero-order valence-corrected chi connectivity index (χ0v) is 10.9. The zero-order valence-electron chi connectivity index (χ0n) is 10.9. The van der Waals surface area contributed by atoms with E-state index in [1.807, 2.05) is 23.1 Å². The highest BCUT2D eigenvalue weighted by Gasteiger charge is 2.30. The van der Waals surface area contributed by atoms with E-state index in [1.165, 1.54) is 10.2 Å². The summed E-state index contributed by atoms with van der Waals surface area (Å²) in [4.78, 5) is 14.3. The largest absolute Gasteiger partial charge is 0.307 e. The molecule has 6 nitrogen and oxygen atoms in total. The molecule has 1 aliphatic rings. The van der Waals surface area contributed by atoms with Crippen LogP contribution in [0, 0.1) is 6.92 Å². The molecule has 6 heteroatoms. The number of aryl methyl sites for hydroxylation is 1. The normalized spacial score (nSPS) is 17.6. The Morgan fingerprint density at radius 3 is 2.95 bits per heavy atom. The number of hydrogen-bond acceptors (Lipinski definition) is 4. The Kier molecular flexibility index (Phi) is 2.77. The molecule has 0 saturated heterocycles. The van der Waals surface area contributed by atoms with Crippen molar-refractivity contribution < 1.29 is 4.79 Å². The predicted octanol–water partition coefficient (Wildman–Crippen LogP) is 0.959. The number of tetrazole rings is 1. The summed E-state index contributed by atoms with van der Waals surface area (Å²) >= 11 is 0. The van der Waals surface area contributed by atoms with Gasteiger partial charge in [0, 0.05) is 11.7 Å². The molecule has 1 amide bonds. The van der Waals surface area contributed by atoms with Gasteiger partial charge in [-0.3, -0.25) is 4.79 Å². The predicted molar refractivity (Wildman–Crippen MR) is 69.6 cm³/mol. The number of fused-ring (bicyclic) bond motifs is 1. The molecule has 0 N–H and O–H groups in total. The maximum atomic E-state index is 12.4. The summed E-state index contributed by atoms with van der Waals surface area (Å²) in [5, 5.41) is 11.2. The second kappa shape index (κ2) is 4.46. The molecule has 3 rings (SSSR count). The molecule has 0 aliphatic carbocycles. The van der Waals surface area contributed by atoms with E-state index in [9.17, 15) is 4.79 Å². The fraction of sp³-hybridized carbons (Fsp3) is 0.385. The van der Waals surface area contributed by atoms with Crippen molar-refractivity contribution in [1.29, 1.82) is 0 Å². The average molecular weight is 257 g/mol. The van der Waals surface area contributed by atoms with Crippen LogP contribution in [0.1, 0.15) is 18.3 Å². The molecule has 2 aromatic rings. The molecular formula is C13H15N5O. The van der Waals surface area contributed by atoms with Gasteiger partial charge in [0.25, 0.3) is 0 Å². The highest BCUT2D eigenvalue weighted by atomic mass is 16.2. The molecular weight excluding hydrogens is 242 g/mol. The fourth-order valence-electron chi connectivity index (χ4n) is 2.55. The smallest absolute Gasteiger partial charge is 0.249 e. The first-order chi connectivity index (χ1) is 9.16. The monoisotopic (exact) mass is 257 g/mol. The summed E-state index contributed by atoms with van der Waals surface area (Å²) in [7, 11) is 0. The first kappa shape index (κ1) is 11.8. The molecule has 0 fully saturated rings. The van der Waals surface area contributed by atoms with Crippen LogP contribution in [0.3, 0.4) is 0 Å². The number of aromatic nitrogens is 4. The maximum absolute atomic E-state index is 12.4. The molecule has 19 heavy (non-hydrogen) atoms. The average Bonchev–Trinajstić information content (AvgIpc) is 2.92. The standard InChI is InChI=1S/C13H15N5O/c1-9-7-11-5-3-4-6-12(11)18(9)13(19)8-17-10(2)14-15-16-17/h3-6,9H,7-8H2,1-2H3. The van der Waals surface area contributed by atoms with Crippen LogP contribution in [0.15, 0.2) is 24.3 Å². The highest BCUT2D eigenvalue weighted by molar-refractivity contribution is 5.96. The molecule has 2 heterocycles. The van der Waals surface area contributed by atoms with Gasteiger partial charge in [-0.15, -0.1) is 5.10 Å².